The number of aryl methyl sites for hydroxylation is 2. The molecule has 0 heterocycles. The van der Waals surface area contributed by atoms with Gasteiger partial charge in [-0.15, -0.1) is 0 Å². The Labute approximate surface area is 108 Å². The molecule has 2 aliphatic carbocycles. The Bertz CT molecular complexity index is 492. The summed E-state index contributed by atoms with van der Waals surface area (Å²) in [6.07, 6.45) is 4.50. The Hall–Kier alpha value is -1.31. The third-order valence-electron chi connectivity index (χ3n) is 4.51. The van der Waals surface area contributed by atoms with Crippen LogP contribution in [0, 0.1) is 12.8 Å². The minimum Gasteiger partial charge on any atom is -0.466 e. The molecule has 1 aromatic carbocycles. The van der Waals surface area contributed by atoms with Crippen molar-refractivity contribution in [1.29, 1.82) is 0 Å². The van der Waals surface area contributed by atoms with Crippen LogP contribution in [0.5, 0.6) is 0 Å². The molecule has 1 saturated carbocycles. The molecule has 0 amide bonds. The summed E-state index contributed by atoms with van der Waals surface area (Å²) in [4.78, 5) is 11.9. The summed E-state index contributed by atoms with van der Waals surface area (Å²) < 4.78 is 5.19. The molecule has 0 N–H and O–H groups in total. The lowest BCUT2D eigenvalue weighted by Gasteiger charge is -2.26. The van der Waals surface area contributed by atoms with E-state index in [-0.39, 0.29) is 17.3 Å². The minimum atomic E-state index is 0.00549. The van der Waals surface area contributed by atoms with Crippen molar-refractivity contribution in [2.24, 2.45) is 5.92 Å². The van der Waals surface area contributed by atoms with Gasteiger partial charge in [-0.2, -0.15) is 0 Å². The molecular formula is C16H20O2. The van der Waals surface area contributed by atoms with E-state index >= 15 is 0 Å². The zero-order valence-electron chi connectivity index (χ0n) is 11.2. The predicted octanol–water partition coefficient (Wildman–Crippen LogP) is 3.15. The van der Waals surface area contributed by atoms with Crippen molar-refractivity contribution in [2.45, 2.75) is 44.9 Å². The average molecular weight is 244 g/mol. The Balaban J connectivity index is 1.91. The molecule has 2 nitrogen and oxygen atoms in total. The normalized spacial score (nSPS) is 28.9. The van der Waals surface area contributed by atoms with Gasteiger partial charge in [0.05, 0.1) is 12.5 Å². The molecule has 3 rings (SSSR count). The van der Waals surface area contributed by atoms with E-state index in [1.807, 2.05) is 6.92 Å². The second-order valence-corrected chi connectivity index (χ2v) is 5.68. The minimum absolute atomic E-state index is 0.00549. The first-order valence-electron chi connectivity index (χ1n) is 6.94. The quantitative estimate of drug-likeness (QED) is 0.747. The molecule has 0 aliphatic heterocycles. The summed E-state index contributed by atoms with van der Waals surface area (Å²) in [7, 11) is 0. The number of carbonyl (C=O) groups excluding carboxylic acids is 1. The van der Waals surface area contributed by atoms with Gasteiger partial charge >= 0.3 is 5.97 Å². The highest BCUT2D eigenvalue weighted by atomic mass is 16.5. The number of ether oxygens (including phenoxy) is 1. The van der Waals surface area contributed by atoms with Crippen molar-refractivity contribution in [2.75, 3.05) is 6.61 Å². The molecule has 2 unspecified atom stereocenters. The SMILES string of the molecule is CCOC(=O)C1CC12CCCc1cc(C)ccc12. The first-order valence-corrected chi connectivity index (χ1v) is 6.94. The third kappa shape index (κ3) is 1.66. The predicted molar refractivity (Wildman–Crippen MR) is 70.5 cm³/mol. The molecule has 18 heavy (non-hydrogen) atoms. The molecule has 0 bridgehead atoms. The van der Waals surface area contributed by atoms with Crippen molar-refractivity contribution in [3.63, 3.8) is 0 Å². The maximum Gasteiger partial charge on any atom is 0.309 e. The number of fused-ring (bicyclic) bond motifs is 2. The number of carbonyl (C=O) groups is 1. The van der Waals surface area contributed by atoms with Crippen molar-refractivity contribution in [3.05, 3.63) is 34.9 Å². The van der Waals surface area contributed by atoms with Crippen LogP contribution in [0.1, 0.15) is 42.9 Å². The van der Waals surface area contributed by atoms with Crippen LogP contribution in [-0.2, 0) is 21.4 Å². The van der Waals surface area contributed by atoms with Crippen LogP contribution < -0.4 is 0 Å². The molecule has 2 atom stereocenters. The van der Waals surface area contributed by atoms with Gasteiger partial charge in [-0.3, -0.25) is 4.79 Å². The Morgan fingerprint density at radius 3 is 3.11 bits per heavy atom. The number of hydrogen-bond acceptors (Lipinski definition) is 2. The highest BCUT2D eigenvalue weighted by Crippen LogP contribution is 2.60. The first-order chi connectivity index (χ1) is 8.67. The van der Waals surface area contributed by atoms with E-state index in [4.69, 9.17) is 4.74 Å². The van der Waals surface area contributed by atoms with Crippen LogP contribution in [0.3, 0.4) is 0 Å². The summed E-state index contributed by atoms with van der Waals surface area (Å²) in [5.41, 5.74) is 4.30. The molecule has 1 spiro atoms. The van der Waals surface area contributed by atoms with E-state index in [9.17, 15) is 4.79 Å². The van der Waals surface area contributed by atoms with E-state index in [1.54, 1.807) is 0 Å². The first kappa shape index (κ1) is 11.8. The van der Waals surface area contributed by atoms with Crippen LogP contribution >= 0.6 is 0 Å². The lowest BCUT2D eigenvalue weighted by atomic mass is 9.78. The number of hydrogen-bond donors (Lipinski definition) is 0. The van der Waals surface area contributed by atoms with Crippen LogP contribution in [-0.4, -0.2) is 12.6 Å². The van der Waals surface area contributed by atoms with Crippen LogP contribution in [0.15, 0.2) is 18.2 Å². The van der Waals surface area contributed by atoms with Crippen molar-refractivity contribution in [3.8, 4) is 0 Å². The fourth-order valence-corrected chi connectivity index (χ4v) is 3.58. The summed E-state index contributed by atoms with van der Waals surface area (Å²) in [5, 5.41) is 0. The Morgan fingerprint density at radius 1 is 1.50 bits per heavy atom. The molecule has 0 saturated heterocycles. The largest absolute Gasteiger partial charge is 0.466 e. The fourth-order valence-electron chi connectivity index (χ4n) is 3.58. The maximum atomic E-state index is 11.9. The Morgan fingerprint density at radius 2 is 2.33 bits per heavy atom. The van der Waals surface area contributed by atoms with Gasteiger partial charge in [0, 0.05) is 5.41 Å². The summed E-state index contributed by atoms with van der Waals surface area (Å²) >= 11 is 0. The molecule has 1 fully saturated rings. The monoisotopic (exact) mass is 244 g/mol. The summed E-state index contributed by atoms with van der Waals surface area (Å²) in [5.74, 6) is 0.116. The number of rotatable bonds is 2. The van der Waals surface area contributed by atoms with E-state index in [1.165, 1.54) is 23.1 Å². The molecule has 2 heteroatoms. The Kier molecular flexibility index (Phi) is 2.69. The van der Waals surface area contributed by atoms with Gasteiger partial charge in [-0.25, -0.2) is 0 Å². The van der Waals surface area contributed by atoms with Gasteiger partial charge in [0.1, 0.15) is 0 Å². The lowest BCUT2D eigenvalue weighted by Crippen LogP contribution is -2.22. The van der Waals surface area contributed by atoms with Gasteiger partial charge in [0.25, 0.3) is 0 Å². The van der Waals surface area contributed by atoms with Crippen molar-refractivity contribution < 1.29 is 9.53 Å². The molecule has 0 radical (unpaired) electrons. The molecule has 2 aliphatic rings. The van der Waals surface area contributed by atoms with Crippen LogP contribution in [0.4, 0.5) is 0 Å². The third-order valence-corrected chi connectivity index (χ3v) is 4.51. The molecular weight excluding hydrogens is 224 g/mol. The van der Waals surface area contributed by atoms with Crippen molar-refractivity contribution >= 4 is 5.97 Å². The summed E-state index contributed by atoms with van der Waals surface area (Å²) in [6, 6.07) is 6.70. The van der Waals surface area contributed by atoms with Gasteiger partial charge in [0.15, 0.2) is 0 Å². The number of esters is 1. The lowest BCUT2D eigenvalue weighted by molar-refractivity contribution is -0.145. The van der Waals surface area contributed by atoms with Crippen LogP contribution in [0.25, 0.3) is 0 Å². The van der Waals surface area contributed by atoms with E-state index in [2.05, 4.69) is 25.1 Å². The van der Waals surface area contributed by atoms with E-state index in [0.29, 0.717) is 6.61 Å². The van der Waals surface area contributed by atoms with Gasteiger partial charge in [-0.05, 0) is 50.7 Å². The fraction of sp³-hybridized carbons (Fsp3) is 0.562. The second-order valence-electron chi connectivity index (χ2n) is 5.68. The second kappa shape index (κ2) is 4.11. The van der Waals surface area contributed by atoms with Crippen molar-refractivity contribution in [1.82, 2.24) is 0 Å². The number of benzene rings is 1. The van der Waals surface area contributed by atoms with Gasteiger partial charge in [0.2, 0.25) is 0 Å². The highest BCUT2D eigenvalue weighted by Gasteiger charge is 2.60. The van der Waals surface area contributed by atoms with E-state index < -0.39 is 0 Å². The molecule has 1 aromatic rings. The van der Waals surface area contributed by atoms with Gasteiger partial charge in [-0.1, -0.05) is 23.8 Å². The maximum absolute atomic E-state index is 11.9. The summed E-state index contributed by atoms with van der Waals surface area (Å²) in [6.45, 7) is 4.51. The zero-order chi connectivity index (χ0) is 12.8. The zero-order valence-corrected chi connectivity index (χ0v) is 11.2. The average Bonchev–Trinajstić information content (AvgIpc) is 3.05. The topological polar surface area (TPSA) is 26.3 Å². The highest BCUT2D eigenvalue weighted by molar-refractivity contribution is 5.79. The van der Waals surface area contributed by atoms with Gasteiger partial charge < -0.3 is 4.74 Å². The van der Waals surface area contributed by atoms with Crippen LogP contribution in [0.2, 0.25) is 0 Å². The molecule has 96 valence electrons. The molecule has 0 aromatic heterocycles. The smallest absolute Gasteiger partial charge is 0.309 e. The van der Waals surface area contributed by atoms with E-state index in [0.717, 1.165) is 19.3 Å². The standard InChI is InChI=1S/C16H20O2/c1-3-18-15(17)14-10-16(14)8-4-5-12-9-11(2)6-7-13(12)16/h6-7,9,14H,3-5,8,10H2,1-2H3.